The van der Waals surface area contributed by atoms with E-state index < -0.39 is 0 Å². The highest BCUT2D eigenvalue weighted by atomic mass is 19.1. The van der Waals surface area contributed by atoms with Gasteiger partial charge in [-0.25, -0.2) is 4.39 Å². The summed E-state index contributed by atoms with van der Waals surface area (Å²) in [5, 5.41) is 3.21. The Morgan fingerprint density at radius 2 is 2.11 bits per heavy atom. The number of rotatable bonds is 5. The topological polar surface area (TPSA) is 34.2 Å². The standard InChI is InChI=1S/C15H17FN2O/c1-3-17-8-12-7-13(10-18-9-12)19-15-6-11(2)4-5-14(15)16/h4-7,9-10,17H,3,8H2,1-2H3. The van der Waals surface area contributed by atoms with E-state index in [1.165, 1.54) is 6.07 Å². The molecule has 0 aliphatic heterocycles. The lowest BCUT2D eigenvalue weighted by Gasteiger charge is -2.09. The Kier molecular flexibility index (Phi) is 4.47. The third-order valence-electron chi connectivity index (χ3n) is 2.66. The fourth-order valence-corrected chi connectivity index (χ4v) is 1.70. The third kappa shape index (κ3) is 3.76. The molecule has 0 aliphatic rings. The molecular weight excluding hydrogens is 243 g/mol. The average Bonchev–Trinajstić information content (AvgIpc) is 2.41. The normalized spacial score (nSPS) is 10.5. The Hall–Kier alpha value is -1.94. The van der Waals surface area contributed by atoms with E-state index in [1.807, 2.05) is 19.9 Å². The number of aromatic nitrogens is 1. The number of hydrogen-bond donors (Lipinski definition) is 1. The molecule has 3 nitrogen and oxygen atoms in total. The Morgan fingerprint density at radius 3 is 2.89 bits per heavy atom. The molecule has 0 saturated carbocycles. The van der Waals surface area contributed by atoms with E-state index in [1.54, 1.807) is 24.5 Å². The Morgan fingerprint density at radius 1 is 1.26 bits per heavy atom. The molecular formula is C15H17FN2O. The van der Waals surface area contributed by atoms with E-state index in [9.17, 15) is 4.39 Å². The van der Waals surface area contributed by atoms with Gasteiger partial charge in [-0.2, -0.15) is 0 Å². The molecule has 0 aliphatic carbocycles. The number of nitrogens with zero attached hydrogens (tertiary/aromatic N) is 1. The second-order valence-electron chi connectivity index (χ2n) is 4.35. The molecule has 2 rings (SSSR count). The van der Waals surface area contributed by atoms with E-state index in [0.29, 0.717) is 5.75 Å². The summed E-state index contributed by atoms with van der Waals surface area (Å²) in [4.78, 5) is 4.10. The quantitative estimate of drug-likeness (QED) is 0.894. The lowest BCUT2D eigenvalue weighted by Crippen LogP contribution is -2.11. The number of nitrogens with one attached hydrogen (secondary N) is 1. The van der Waals surface area contributed by atoms with Gasteiger partial charge in [0.15, 0.2) is 11.6 Å². The molecule has 0 bridgehead atoms. The number of aryl methyl sites for hydroxylation is 1. The van der Waals surface area contributed by atoms with Crippen molar-refractivity contribution in [2.45, 2.75) is 20.4 Å². The van der Waals surface area contributed by atoms with Crippen LogP contribution in [0.25, 0.3) is 0 Å². The SMILES string of the molecule is CCNCc1cncc(Oc2cc(C)ccc2F)c1. The van der Waals surface area contributed by atoms with Gasteiger partial charge in [0.1, 0.15) is 5.75 Å². The first kappa shape index (κ1) is 13.5. The fraction of sp³-hybridized carbons (Fsp3) is 0.267. The summed E-state index contributed by atoms with van der Waals surface area (Å²) in [7, 11) is 0. The van der Waals surface area contributed by atoms with Gasteiger partial charge in [-0.05, 0) is 42.8 Å². The van der Waals surface area contributed by atoms with Crippen molar-refractivity contribution in [3.8, 4) is 11.5 Å². The Balaban J connectivity index is 2.16. The summed E-state index contributed by atoms with van der Waals surface area (Å²) in [5.74, 6) is 0.394. The molecule has 0 unspecified atom stereocenters. The van der Waals surface area contributed by atoms with E-state index in [0.717, 1.165) is 24.2 Å². The lowest BCUT2D eigenvalue weighted by atomic mass is 10.2. The van der Waals surface area contributed by atoms with E-state index in [4.69, 9.17) is 4.74 Å². The van der Waals surface area contributed by atoms with Gasteiger partial charge < -0.3 is 10.1 Å². The summed E-state index contributed by atoms with van der Waals surface area (Å²) < 4.78 is 19.1. The lowest BCUT2D eigenvalue weighted by molar-refractivity contribution is 0.439. The minimum absolute atomic E-state index is 0.224. The van der Waals surface area contributed by atoms with Crippen molar-refractivity contribution in [1.29, 1.82) is 0 Å². The molecule has 100 valence electrons. The van der Waals surface area contributed by atoms with Crippen molar-refractivity contribution in [1.82, 2.24) is 10.3 Å². The van der Waals surface area contributed by atoms with Gasteiger partial charge in [0.25, 0.3) is 0 Å². The number of ether oxygens (including phenoxy) is 1. The van der Waals surface area contributed by atoms with E-state index in [2.05, 4.69) is 10.3 Å². The van der Waals surface area contributed by atoms with Gasteiger partial charge in [-0.15, -0.1) is 0 Å². The van der Waals surface area contributed by atoms with Crippen LogP contribution in [0.5, 0.6) is 11.5 Å². The van der Waals surface area contributed by atoms with Crippen LogP contribution in [0.2, 0.25) is 0 Å². The van der Waals surface area contributed by atoms with E-state index in [-0.39, 0.29) is 11.6 Å². The summed E-state index contributed by atoms with van der Waals surface area (Å²) in [6, 6.07) is 6.65. The highest BCUT2D eigenvalue weighted by molar-refractivity contribution is 5.34. The maximum atomic E-state index is 13.6. The van der Waals surface area contributed by atoms with Crippen LogP contribution in [0.1, 0.15) is 18.1 Å². The van der Waals surface area contributed by atoms with Crippen molar-refractivity contribution in [3.63, 3.8) is 0 Å². The molecule has 4 heteroatoms. The Bertz CT molecular complexity index is 558. The van der Waals surface area contributed by atoms with Crippen LogP contribution in [-0.2, 0) is 6.54 Å². The molecule has 1 aromatic heterocycles. The number of pyridine rings is 1. The highest BCUT2D eigenvalue weighted by Crippen LogP contribution is 2.25. The maximum absolute atomic E-state index is 13.6. The maximum Gasteiger partial charge on any atom is 0.165 e. The molecule has 0 amide bonds. The van der Waals surface area contributed by atoms with Crippen LogP contribution in [0, 0.1) is 12.7 Å². The predicted molar refractivity (Wildman–Crippen MR) is 72.8 cm³/mol. The number of hydrogen-bond acceptors (Lipinski definition) is 3. The second kappa shape index (κ2) is 6.29. The second-order valence-corrected chi connectivity index (χ2v) is 4.35. The van der Waals surface area contributed by atoms with Crippen molar-refractivity contribution in [2.75, 3.05) is 6.54 Å². The molecule has 0 spiro atoms. The van der Waals surface area contributed by atoms with Crippen LogP contribution in [0.15, 0.2) is 36.7 Å². The summed E-state index contributed by atoms with van der Waals surface area (Å²) >= 11 is 0. The highest BCUT2D eigenvalue weighted by Gasteiger charge is 2.06. The zero-order valence-electron chi connectivity index (χ0n) is 11.1. The number of halogens is 1. The van der Waals surface area contributed by atoms with Gasteiger partial charge in [0.2, 0.25) is 0 Å². The van der Waals surface area contributed by atoms with Crippen LogP contribution in [0.3, 0.4) is 0 Å². The van der Waals surface area contributed by atoms with Crippen molar-refractivity contribution < 1.29 is 9.13 Å². The minimum atomic E-state index is -0.373. The van der Waals surface area contributed by atoms with Crippen molar-refractivity contribution in [3.05, 3.63) is 53.6 Å². The first-order chi connectivity index (χ1) is 9.19. The molecule has 0 atom stereocenters. The van der Waals surface area contributed by atoms with Crippen molar-refractivity contribution >= 4 is 0 Å². The minimum Gasteiger partial charge on any atom is -0.453 e. The summed E-state index contributed by atoms with van der Waals surface area (Å²) in [6.45, 7) is 5.54. The van der Waals surface area contributed by atoms with Gasteiger partial charge in [-0.3, -0.25) is 4.98 Å². The molecule has 1 N–H and O–H groups in total. The molecule has 2 aromatic rings. The average molecular weight is 260 g/mol. The first-order valence-corrected chi connectivity index (χ1v) is 6.27. The monoisotopic (exact) mass is 260 g/mol. The third-order valence-corrected chi connectivity index (χ3v) is 2.66. The van der Waals surface area contributed by atoms with Crippen molar-refractivity contribution in [2.24, 2.45) is 0 Å². The van der Waals surface area contributed by atoms with Gasteiger partial charge in [0.05, 0.1) is 6.20 Å². The van der Waals surface area contributed by atoms with Crippen LogP contribution in [-0.4, -0.2) is 11.5 Å². The summed E-state index contributed by atoms with van der Waals surface area (Å²) in [6.07, 6.45) is 3.35. The predicted octanol–water partition coefficient (Wildman–Crippen LogP) is 3.43. The van der Waals surface area contributed by atoms with Crippen LogP contribution < -0.4 is 10.1 Å². The smallest absolute Gasteiger partial charge is 0.165 e. The van der Waals surface area contributed by atoms with Gasteiger partial charge in [0, 0.05) is 12.7 Å². The zero-order valence-corrected chi connectivity index (χ0v) is 11.1. The van der Waals surface area contributed by atoms with Gasteiger partial charge in [-0.1, -0.05) is 13.0 Å². The number of benzene rings is 1. The van der Waals surface area contributed by atoms with Crippen LogP contribution in [0.4, 0.5) is 4.39 Å². The molecule has 0 radical (unpaired) electrons. The van der Waals surface area contributed by atoms with Crippen LogP contribution >= 0.6 is 0 Å². The molecule has 19 heavy (non-hydrogen) atoms. The molecule has 0 fully saturated rings. The molecule has 0 saturated heterocycles. The van der Waals surface area contributed by atoms with Gasteiger partial charge >= 0.3 is 0 Å². The molecule has 1 aromatic carbocycles. The fourth-order valence-electron chi connectivity index (χ4n) is 1.70. The first-order valence-electron chi connectivity index (χ1n) is 6.27. The zero-order chi connectivity index (χ0) is 13.7. The molecule has 1 heterocycles. The summed E-state index contributed by atoms with van der Waals surface area (Å²) in [5.41, 5.74) is 1.96. The largest absolute Gasteiger partial charge is 0.453 e. The Labute approximate surface area is 112 Å². The van der Waals surface area contributed by atoms with E-state index >= 15 is 0 Å².